The lowest BCUT2D eigenvalue weighted by atomic mass is 10.2. The minimum Gasteiger partial charge on any atom is -0.396 e. The molecule has 2 aromatic rings. The number of aliphatic hydroxyl groups is 1. The van der Waals surface area contributed by atoms with Gasteiger partial charge in [-0.25, -0.2) is 4.98 Å². The van der Waals surface area contributed by atoms with Gasteiger partial charge in [0.05, 0.1) is 12.3 Å². The van der Waals surface area contributed by atoms with E-state index in [1.807, 2.05) is 42.5 Å². The Labute approximate surface area is 121 Å². The first-order chi connectivity index (χ1) is 9.83. The molecule has 5 heteroatoms. The molecule has 1 N–H and O–H groups in total. The average Bonchev–Trinajstić information content (AvgIpc) is 2.78. The number of hydrogen-bond donors (Lipinski definition) is 1. The third kappa shape index (κ3) is 2.19. The van der Waals surface area contributed by atoms with Crippen LogP contribution < -0.4 is 4.90 Å². The molecule has 4 nitrogen and oxygen atoms in total. The van der Waals surface area contributed by atoms with Gasteiger partial charge >= 0.3 is 0 Å². The summed E-state index contributed by atoms with van der Waals surface area (Å²) in [6.45, 7) is 0.0649. The first kappa shape index (κ1) is 13.1. The van der Waals surface area contributed by atoms with Crippen molar-refractivity contribution in [3.8, 4) is 0 Å². The van der Waals surface area contributed by atoms with Crippen molar-refractivity contribution in [2.24, 2.45) is 0 Å². The van der Waals surface area contributed by atoms with Gasteiger partial charge in [0, 0.05) is 17.5 Å². The van der Waals surface area contributed by atoms with Gasteiger partial charge < -0.3 is 5.11 Å². The second-order valence-electron chi connectivity index (χ2n) is 4.40. The van der Waals surface area contributed by atoms with Crippen LogP contribution >= 0.6 is 11.8 Å². The molecule has 20 heavy (non-hydrogen) atoms. The molecule has 1 amide bonds. The van der Waals surface area contributed by atoms with Crippen molar-refractivity contribution in [1.29, 1.82) is 0 Å². The highest BCUT2D eigenvalue weighted by atomic mass is 32.2. The number of thioether (sulfide) groups is 1. The van der Waals surface area contributed by atoms with E-state index in [9.17, 15) is 4.79 Å². The van der Waals surface area contributed by atoms with Gasteiger partial charge in [0.25, 0.3) is 0 Å². The Morgan fingerprint density at radius 2 is 2.00 bits per heavy atom. The zero-order valence-corrected chi connectivity index (χ0v) is 11.6. The van der Waals surface area contributed by atoms with E-state index >= 15 is 0 Å². The fraction of sp³-hybridized carbons (Fsp3) is 0.200. The Morgan fingerprint density at radius 1 is 1.20 bits per heavy atom. The van der Waals surface area contributed by atoms with Crippen molar-refractivity contribution in [2.45, 2.75) is 5.25 Å². The summed E-state index contributed by atoms with van der Waals surface area (Å²) in [6, 6.07) is 13.3. The van der Waals surface area contributed by atoms with Crippen LogP contribution in [0.25, 0.3) is 0 Å². The number of anilines is 2. The highest BCUT2D eigenvalue weighted by Gasteiger charge is 2.39. The minimum absolute atomic E-state index is 0.00310. The van der Waals surface area contributed by atoms with Gasteiger partial charge in [-0.15, -0.1) is 11.8 Å². The van der Waals surface area contributed by atoms with Gasteiger partial charge in [-0.1, -0.05) is 24.3 Å². The molecule has 2 heterocycles. The molecule has 0 spiro atoms. The second-order valence-corrected chi connectivity index (χ2v) is 5.61. The van der Waals surface area contributed by atoms with Gasteiger partial charge in [-0.05, 0) is 18.2 Å². The maximum Gasteiger partial charge on any atom is 0.250 e. The average molecular weight is 286 g/mol. The van der Waals surface area contributed by atoms with Gasteiger partial charge in [0.1, 0.15) is 11.1 Å². The molecule has 102 valence electrons. The van der Waals surface area contributed by atoms with Crippen molar-refractivity contribution in [2.75, 3.05) is 17.3 Å². The molecule has 3 rings (SSSR count). The number of amides is 1. The number of fused-ring (bicyclic) bond motifs is 1. The van der Waals surface area contributed by atoms with Crippen LogP contribution in [0.2, 0.25) is 0 Å². The Kier molecular flexibility index (Phi) is 3.71. The van der Waals surface area contributed by atoms with Crippen molar-refractivity contribution >= 4 is 29.2 Å². The van der Waals surface area contributed by atoms with E-state index in [-0.39, 0.29) is 17.8 Å². The lowest BCUT2D eigenvalue weighted by Gasteiger charge is -2.16. The normalized spacial score (nSPS) is 17.4. The Bertz CT molecular complexity index is 618. The van der Waals surface area contributed by atoms with Crippen LogP contribution in [0.4, 0.5) is 11.5 Å². The molecule has 1 aromatic heterocycles. The monoisotopic (exact) mass is 286 g/mol. The van der Waals surface area contributed by atoms with Gasteiger partial charge in [0.2, 0.25) is 5.91 Å². The molecule has 0 saturated heterocycles. The SMILES string of the molecule is O=C1C(SCCO)c2cccnc2N1c1ccccc1. The molecule has 0 radical (unpaired) electrons. The predicted molar refractivity (Wildman–Crippen MR) is 80.1 cm³/mol. The Balaban J connectivity index is 2.02. The maximum atomic E-state index is 12.7. The molecule has 0 saturated carbocycles. The summed E-state index contributed by atoms with van der Waals surface area (Å²) in [5.74, 6) is 1.23. The third-order valence-electron chi connectivity index (χ3n) is 3.15. The van der Waals surface area contributed by atoms with E-state index in [1.54, 1.807) is 11.1 Å². The van der Waals surface area contributed by atoms with Crippen LogP contribution in [0.3, 0.4) is 0 Å². The third-order valence-corrected chi connectivity index (χ3v) is 4.35. The number of pyridine rings is 1. The number of aliphatic hydroxyl groups excluding tert-OH is 1. The zero-order chi connectivity index (χ0) is 13.9. The number of carbonyl (C=O) groups is 1. The number of rotatable bonds is 4. The number of nitrogens with zero attached hydrogens (tertiary/aromatic N) is 2. The lowest BCUT2D eigenvalue weighted by Crippen LogP contribution is -2.23. The fourth-order valence-corrected chi connectivity index (χ4v) is 3.27. The van der Waals surface area contributed by atoms with E-state index in [2.05, 4.69) is 4.98 Å². The number of para-hydroxylation sites is 1. The van der Waals surface area contributed by atoms with E-state index in [4.69, 9.17) is 5.11 Å². The summed E-state index contributed by atoms with van der Waals surface area (Å²) in [5, 5.41) is 8.70. The molecule has 1 aromatic carbocycles. The van der Waals surface area contributed by atoms with Crippen molar-refractivity contribution in [3.05, 3.63) is 54.2 Å². The van der Waals surface area contributed by atoms with Crippen molar-refractivity contribution in [3.63, 3.8) is 0 Å². The molecule has 1 aliphatic rings. The predicted octanol–water partition coefficient (Wildman–Crippen LogP) is 2.53. The standard InChI is InChI=1S/C15H14N2O2S/c18-9-10-20-13-12-7-4-8-16-14(12)17(15(13)19)11-5-2-1-3-6-11/h1-8,13,18H,9-10H2. The van der Waals surface area contributed by atoms with E-state index < -0.39 is 0 Å². The molecule has 1 unspecified atom stereocenters. The summed E-state index contributed by atoms with van der Waals surface area (Å²) < 4.78 is 0. The maximum absolute atomic E-state index is 12.7. The first-order valence-electron chi connectivity index (χ1n) is 6.39. The van der Waals surface area contributed by atoms with E-state index in [1.165, 1.54) is 11.8 Å². The smallest absolute Gasteiger partial charge is 0.250 e. The van der Waals surface area contributed by atoms with E-state index in [0.717, 1.165) is 11.3 Å². The van der Waals surface area contributed by atoms with Gasteiger partial charge in [-0.3, -0.25) is 9.69 Å². The van der Waals surface area contributed by atoms with Crippen LogP contribution in [0.1, 0.15) is 10.8 Å². The molecule has 1 aliphatic heterocycles. The summed E-state index contributed by atoms with van der Waals surface area (Å²) in [6.07, 6.45) is 1.70. The molecule has 1 atom stereocenters. The second kappa shape index (κ2) is 5.64. The summed E-state index contributed by atoms with van der Waals surface area (Å²) in [4.78, 5) is 18.7. The Morgan fingerprint density at radius 3 is 2.75 bits per heavy atom. The van der Waals surface area contributed by atoms with Crippen LogP contribution in [0, 0.1) is 0 Å². The molecule has 0 aliphatic carbocycles. The van der Waals surface area contributed by atoms with Crippen LogP contribution in [-0.4, -0.2) is 28.4 Å². The molecule has 0 fully saturated rings. The number of benzene rings is 1. The van der Waals surface area contributed by atoms with Crippen LogP contribution in [-0.2, 0) is 4.79 Å². The summed E-state index contributed by atoms with van der Waals surface area (Å²) >= 11 is 1.45. The molecular weight excluding hydrogens is 272 g/mol. The van der Waals surface area contributed by atoms with Crippen LogP contribution in [0.5, 0.6) is 0 Å². The number of carbonyl (C=O) groups excluding carboxylic acids is 1. The number of hydrogen-bond acceptors (Lipinski definition) is 4. The van der Waals surface area contributed by atoms with Gasteiger partial charge in [0.15, 0.2) is 0 Å². The number of aromatic nitrogens is 1. The minimum atomic E-state index is -0.286. The van der Waals surface area contributed by atoms with Crippen molar-refractivity contribution < 1.29 is 9.90 Å². The highest BCUT2D eigenvalue weighted by Crippen LogP contribution is 2.45. The largest absolute Gasteiger partial charge is 0.396 e. The van der Waals surface area contributed by atoms with Crippen molar-refractivity contribution in [1.82, 2.24) is 4.98 Å². The molecular formula is C15H14N2O2S. The summed E-state index contributed by atoms with van der Waals surface area (Å²) in [5.41, 5.74) is 1.74. The highest BCUT2D eigenvalue weighted by molar-refractivity contribution is 8.00. The fourth-order valence-electron chi connectivity index (χ4n) is 2.31. The lowest BCUT2D eigenvalue weighted by molar-refractivity contribution is -0.116. The Hall–Kier alpha value is -1.85. The molecule has 0 bridgehead atoms. The zero-order valence-electron chi connectivity index (χ0n) is 10.8. The van der Waals surface area contributed by atoms with Gasteiger partial charge in [-0.2, -0.15) is 0 Å². The topological polar surface area (TPSA) is 53.4 Å². The van der Waals surface area contributed by atoms with E-state index in [0.29, 0.717) is 11.6 Å². The first-order valence-corrected chi connectivity index (χ1v) is 7.44. The summed E-state index contributed by atoms with van der Waals surface area (Å²) in [7, 11) is 0. The van der Waals surface area contributed by atoms with Crippen LogP contribution in [0.15, 0.2) is 48.7 Å². The quantitative estimate of drug-likeness (QED) is 0.938.